The Balaban J connectivity index is 0.00000132. The molecule has 0 atom stereocenters. The summed E-state index contributed by atoms with van der Waals surface area (Å²) in [6.07, 6.45) is 2.17. The number of benzene rings is 2. The molecule has 21 heavy (non-hydrogen) atoms. The van der Waals surface area contributed by atoms with E-state index >= 15 is 0 Å². The van der Waals surface area contributed by atoms with Crippen LogP contribution in [0.1, 0.15) is 0 Å². The molecule has 1 aliphatic heterocycles. The maximum Gasteiger partial charge on any atom is 0.214 e. The van der Waals surface area contributed by atoms with Crippen molar-refractivity contribution >= 4 is 39.7 Å². The van der Waals surface area contributed by atoms with Gasteiger partial charge in [0.15, 0.2) is 6.20 Å². The quantitative estimate of drug-likeness (QED) is 0.366. The van der Waals surface area contributed by atoms with Crippen molar-refractivity contribution in [2.75, 3.05) is 11.1 Å². The fourth-order valence-electron chi connectivity index (χ4n) is 2.65. The Morgan fingerprint density at radius 2 is 1.81 bits per heavy atom. The predicted octanol–water partition coefficient (Wildman–Crippen LogP) is 0.459. The first-order chi connectivity index (χ1) is 9.74. The first-order valence-corrected chi connectivity index (χ1v) is 7.30. The fraction of sp³-hybridized carbons (Fsp3) is 0.0625. The van der Waals surface area contributed by atoms with Crippen molar-refractivity contribution in [1.29, 1.82) is 0 Å². The minimum Gasteiger partial charge on any atom is -1.00 e. The lowest BCUT2D eigenvalue weighted by Crippen LogP contribution is -3.00. The second-order valence-electron chi connectivity index (χ2n) is 4.94. The number of fused-ring (bicyclic) bond motifs is 4. The Hall–Kier alpha value is -1.91. The van der Waals surface area contributed by atoms with E-state index in [4.69, 9.17) is 5.73 Å². The van der Waals surface area contributed by atoms with Gasteiger partial charge >= 0.3 is 0 Å². The lowest BCUT2D eigenvalue weighted by Gasteiger charge is -2.22. The number of halogens is 1. The molecule has 3 nitrogen and oxygen atoms in total. The topological polar surface area (TPSA) is 41.9 Å². The van der Waals surface area contributed by atoms with Gasteiger partial charge in [0, 0.05) is 11.0 Å². The van der Waals surface area contributed by atoms with Gasteiger partial charge in [0.2, 0.25) is 5.52 Å². The van der Waals surface area contributed by atoms with Crippen molar-refractivity contribution in [3.8, 4) is 0 Å². The molecular weight excluding hydrogens is 302 g/mol. The van der Waals surface area contributed by atoms with E-state index in [0.29, 0.717) is 0 Å². The smallest absolute Gasteiger partial charge is 0.214 e. The molecule has 0 radical (unpaired) electrons. The average molecular weight is 316 g/mol. The van der Waals surface area contributed by atoms with Gasteiger partial charge in [-0.1, -0.05) is 30.0 Å². The van der Waals surface area contributed by atoms with Gasteiger partial charge in [0.05, 0.1) is 22.4 Å². The van der Waals surface area contributed by atoms with Gasteiger partial charge in [-0.3, -0.25) is 0 Å². The highest BCUT2D eigenvalue weighted by Crippen LogP contribution is 2.47. The number of pyridine rings is 1. The van der Waals surface area contributed by atoms with Crippen molar-refractivity contribution in [2.24, 2.45) is 7.05 Å². The third-order valence-corrected chi connectivity index (χ3v) is 4.73. The molecule has 2 heterocycles. The monoisotopic (exact) mass is 315 g/mol. The molecule has 0 spiro atoms. The number of para-hydroxylation sites is 2. The van der Waals surface area contributed by atoms with Crippen LogP contribution in [0.2, 0.25) is 0 Å². The molecule has 1 aromatic heterocycles. The molecule has 1 aliphatic rings. The molecule has 4 rings (SSSR count). The van der Waals surface area contributed by atoms with E-state index in [0.717, 1.165) is 17.1 Å². The Kier molecular flexibility index (Phi) is 3.43. The fourth-order valence-corrected chi connectivity index (χ4v) is 3.78. The summed E-state index contributed by atoms with van der Waals surface area (Å²) in [6, 6.07) is 14.4. The van der Waals surface area contributed by atoms with Crippen molar-refractivity contribution < 1.29 is 17.0 Å². The highest BCUT2D eigenvalue weighted by atomic mass is 35.5. The molecule has 2 aromatic carbocycles. The highest BCUT2D eigenvalue weighted by molar-refractivity contribution is 7.99. The number of hydrogen-bond donors (Lipinski definition) is 2. The van der Waals surface area contributed by atoms with E-state index in [2.05, 4.69) is 53.5 Å². The van der Waals surface area contributed by atoms with E-state index in [1.54, 1.807) is 11.8 Å². The maximum atomic E-state index is 6.09. The lowest BCUT2D eigenvalue weighted by atomic mass is 10.1. The molecular formula is C16H14ClN3S. The van der Waals surface area contributed by atoms with Crippen molar-refractivity contribution in [2.45, 2.75) is 9.79 Å². The Bertz CT molecular complexity index is 848. The van der Waals surface area contributed by atoms with Crippen LogP contribution in [0, 0.1) is 0 Å². The third-order valence-electron chi connectivity index (χ3n) is 3.64. The summed E-state index contributed by atoms with van der Waals surface area (Å²) < 4.78 is 2.17. The van der Waals surface area contributed by atoms with Crippen molar-refractivity contribution in [3.05, 3.63) is 48.7 Å². The number of nitrogen functional groups attached to an aromatic ring is 1. The van der Waals surface area contributed by atoms with E-state index in [-0.39, 0.29) is 12.4 Å². The summed E-state index contributed by atoms with van der Waals surface area (Å²) >= 11 is 1.76. The molecule has 0 fully saturated rings. The first kappa shape index (κ1) is 14.0. The molecule has 5 heteroatoms. The van der Waals surface area contributed by atoms with Crippen LogP contribution in [0.4, 0.5) is 17.1 Å². The lowest BCUT2D eigenvalue weighted by molar-refractivity contribution is -0.646. The zero-order chi connectivity index (χ0) is 13.7. The highest BCUT2D eigenvalue weighted by Gasteiger charge is 2.23. The van der Waals surface area contributed by atoms with Gasteiger partial charge in [-0.15, -0.1) is 0 Å². The van der Waals surface area contributed by atoms with Crippen LogP contribution in [0.25, 0.3) is 10.9 Å². The number of aromatic nitrogens is 1. The number of rotatable bonds is 0. The number of nitrogens with zero attached hydrogens (tertiary/aromatic N) is 1. The Labute approximate surface area is 133 Å². The Morgan fingerprint density at radius 1 is 1.00 bits per heavy atom. The van der Waals surface area contributed by atoms with E-state index in [9.17, 15) is 0 Å². The molecule has 0 aliphatic carbocycles. The normalized spacial score (nSPS) is 12.0. The minimum absolute atomic E-state index is 0. The van der Waals surface area contributed by atoms with Crippen LogP contribution in [0.5, 0.6) is 0 Å². The SMILES string of the molecule is C[n+]1cc2c(c3ccccc31)Nc1c(N)cccc1S2.[Cl-]. The molecule has 0 saturated carbocycles. The first-order valence-electron chi connectivity index (χ1n) is 6.49. The van der Waals surface area contributed by atoms with Crippen molar-refractivity contribution in [3.63, 3.8) is 0 Å². The summed E-state index contributed by atoms with van der Waals surface area (Å²) in [4.78, 5) is 2.40. The largest absolute Gasteiger partial charge is 1.00 e. The van der Waals surface area contributed by atoms with Crippen LogP contribution in [0.15, 0.2) is 58.5 Å². The maximum absolute atomic E-state index is 6.09. The van der Waals surface area contributed by atoms with Crippen LogP contribution >= 0.6 is 11.8 Å². The van der Waals surface area contributed by atoms with E-state index < -0.39 is 0 Å². The zero-order valence-electron chi connectivity index (χ0n) is 11.4. The van der Waals surface area contributed by atoms with Crippen molar-refractivity contribution in [1.82, 2.24) is 0 Å². The van der Waals surface area contributed by atoms with Crippen LogP contribution in [0.3, 0.4) is 0 Å². The van der Waals surface area contributed by atoms with Gasteiger partial charge in [-0.25, -0.2) is 0 Å². The molecule has 3 aromatic rings. The number of nitrogens with two attached hydrogens (primary N) is 1. The average Bonchev–Trinajstić information content (AvgIpc) is 2.47. The third kappa shape index (κ3) is 2.11. The van der Waals surface area contributed by atoms with Gasteiger partial charge in [-0.05, 0) is 18.2 Å². The number of hydrogen-bond acceptors (Lipinski definition) is 3. The van der Waals surface area contributed by atoms with Crippen LogP contribution < -0.4 is 28.0 Å². The van der Waals surface area contributed by atoms with Gasteiger partial charge in [-0.2, -0.15) is 4.57 Å². The molecule has 0 unspecified atom stereocenters. The van der Waals surface area contributed by atoms with Gasteiger partial charge in [0.25, 0.3) is 0 Å². The molecule has 3 N–H and O–H groups in total. The predicted molar refractivity (Wildman–Crippen MR) is 83.4 cm³/mol. The number of aryl methyl sites for hydroxylation is 1. The summed E-state index contributed by atoms with van der Waals surface area (Å²) in [5.41, 5.74) is 10.3. The summed E-state index contributed by atoms with van der Waals surface area (Å²) in [6.45, 7) is 0. The van der Waals surface area contributed by atoms with E-state index in [1.807, 2.05) is 12.1 Å². The summed E-state index contributed by atoms with van der Waals surface area (Å²) in [5.74, 6) is 0. The summed E-state index contributed by atoms with van der Waals surface area (Å²) in [7, 11) is 2.08. The Morgan fingerprint density at radius 3 is 2.67 bits per heavy atom. The van der Waals surface area contributed by atoms with Crippen LogP contribution in [-0.2, 0) is 7.05 Å². The second-order valence-corrected chi connectivity index (χ2v) is 6.03. The minimum atomic E-state index is 0. The number of anilines is 3. The zero-order valence-corrected chi connectivity index (χ0v) is 13.0. The molecule has 0 amide bonds. The van der Waals surface area contributed by atoms with Gasteiger partial charge in [0.1, 0.15) is 11.9 Å². The molecule has 106 valence electrons. The molecule has 0 saturated heterocycles. The number of nitrogens with one attached hydrogen (secondary N) is 1. The van der Waals surface area contributed by atoms with Crippen LogP contribution in [-0.4, -0.2) is 0 Å². The van der Waals surface area contributed by atoms with Gasteiger partial charge < -0.3 is 23.5 Å². The summed E-state index contributed by atoms with van der Waals surface area (Å²) in [5, 5.41) is 4.74. The van der Waals surface area contributed by atoms with E-state index in [1.165, 1.54) is 20.7 Å². The second kappa shape index (κ2) is 5.13. The molecule has 0 bridgehead atoms. The standard InChI is InChI=1S/C16H13N3S.ClH/c1-19-9-14-15(10-5-2-3-7-12(10)19)18-16-11(17)6-4-8-13(16)20-14;/h2-9H,17H2,1H3;1H.